The Kier molecular flexibility index (Phi) is 3.82. The minimum absolute atomic E-state index is 0.223. The maximum absolute atomic E-state index is 6.10. The third-order valence-corrected chi connectivity index (χ3v) is 5.22. The van der Waals surface area contributed by atoms with Gasteiger partial charge in [0.2, 0.25) is 0 Å². The van der Waals surface area contributed by atoms with Gasteiger partial charge in [-0.15, -0.1) is 0 Å². The number of pyridine rings is 1. The molecule has 1 aromatic heterocycles. The van der Waals surface area contributed by atoms with Crippen molar-refractivity contribution in [1.82, 2.24) is 10.3 Å². The third kappa shape index (κ3) is 2.53. The molecule has 2 bridgehead atoms. The van der Waals surface area contributed by atoms with E-state index >= 15 is 0 Å². The minimum Gasteiger partial charge on any atom is -0.493 e. The van der Waals surface area contributed by atoms with Gasteiger partial charge in [0.1, 0.15) is 5.75 Å². The van der Waals surface area contributed by atoms with Crippen molar-refractivity contribution in [2.24, 2.45) is 0 Å². The Morgan fingerprint density at radius 2 is 2.00 bits per heavy atom. The van der Waals surface area contributed by atoms with Crippen molar-refractivity contribution in [3.63, 3.8) is 0 Å². The van der Waals surface area contributed by atoms with Gasteiger partial charge in [0.15, 0.2) is 0 Å². The summed E-state index contributed by atoms with van der Waals surface area (Å²) in [7, 11) is 0. The van der Waals surface area contributed by atoms with Gasteiger partial charge < -0.3 is 10.1 Å². The first-order chi connectivity index (χ1) is 11.3. The van der Waals surface area contributed by atoms with Crippen LogP contribution in [0.5, 0.6) is 5.75 Å². The molecule has 3 nitrogen and oxygen atoms in total. The van der Waals surface area contributed by atoms with E-state index in [1.807, 2.05) is 0 Å². The molecule has 0 saturated carbocycles. The van der Waals surface area contributed by atoms with Gasteiger partial charge in [-0.05, 0) is 62.3 Å². The molecule has 0 amide bonds. The van der Waals surface area contributed by atoms with Crippen molar-refractivity contribution in [2.45, 2.75) is 52.1 Å². The molecular weight excluding hydrogens is 284 g/mol. The van der Waals surface area contributed by atoms with Crippen LogP contribution < -0.4 is 10.1 Å². The number of hydrogen-bond acceptors (Lipinski definition) is 3. The lowest BCUT2D eigenvalue weighted by Crippen LogP contribution is -2.16. The zero-order valence-electron chi connectivity index (χ0n) is 14.0. The van der Waals surface area contributed by atoms with E-state index in [1.54, 1.807) is 0 Å². The Hall–Kier alpha value is -1.87. The van der Waals surface area contributed by atoms with Crippen LogP contribution >= 0.6 is 0 Å². The van der Waals surface area contributed by atoms with Crippen molar-refractivity contribution in [2.75, 3.05) is 6.61 Å². The fourth-order valence-corrected chi connectivity index (χ4v) is 3.96. The highest BCUT2D eigenvalue weighted by atomic mass is 16.5. The Balaban J connectivity index is 1.90. The van der Waals surface area contributed by atoms with Gasteiger partial charge in [0.05, 0.1) is 12.6 Å². The van der Waals surface area contributed by atoms with Gasteiger partial charge in [-0.1, -0.05) is 18.2 Å². The van der Waals surface area contributed by atoms with Gasteiger partial charge in [-0.2, -0.15) is 0 Å². The molecule has 3 heteroatoms. The summed E-state index contributed by atoms with van der Waals surface area (Å²) in [6.07, 6.45) is 4.57. The molecule has 1 unspecified atom stereocenters. The molecule has 2 aromatic rings. The minimum atomic E-state index is 0.223. The number of para-hydroxylation sites is 1. The van der Waals surface area contributed by atoms with Crippen molar-refractivity contribution in [1.29, 1.82) is 0 Å². The number of aromatic nitrogens is 1. The first kappa shape index (κ1) is 14.7. The van der Waals surface area contributed by atoms with Crippen LogP contribution in [0.15, 0.2) is 24.3 Å². The number of benzene rings is 1. The monoisotopic (exact) mass is 308 g/mol. The van der Waals surface area contributed by atoms with Gasteiger partial charge in [-0.3, -0.25) is 4.98 Å². The topological polar surface area (TPSA) is 34.2 Å². The standard InChI is InChI=1S/C20H24N2O/c1-13-17-9-4-3-7-11-23-18-10-6-5-8-15(18)20-19(13)16(12-21-20)14(2)22-17/h5-6,8,10,20-21H,3-4,7,9,11-12H2,1-2H3. The molecule has 0 saturated heterocycles. The molecule has 0 fully saturated rings. The lowest BCUT2D eigenvalue weighted by Gasteiger charge is -2.21. The largest absolute Gasteiger partial charge is 0.493 e. The fraction of sp³-hybridized carbons (Fsp3) is 0.450. The SMILES string of the molecule is Cc1nc2c(C)c3c1CNC3c1ccccc1OCCCCC2. The van der Waals surface area contributed by atoms with Crippen LogP contribution in [0.4, 0.5) is 0 Å². The summed E-state index contributed by atoms with van der Waals surface area (Å²) in [5.41, 5.74) is 7.91. The Bertz CT molecular complexity index is 739. The number of ether oxygens (including phenoxy) is 1. The van der Waals surface area contributed by atoms with Gasteiger partial charge in [0, 0.05) is 23.5 Å². The molecule has 0 aliphatic carbocycles. The smallest absolute Gasteiger partial charge is 0.124 e. The van der Waals surface area contributed by atoms with E-state index in [0.717, 1.165) is 31.7 Å². The van der Waals surface area contributed by atoms with Crippen LogP contribution in [0.25, 0.3) is 0 Å². The molecule has 1 aromatic carbocycles. The second-order valence-electron chi connectivity index (χ2n) is 6.67. The number of rotatable bonds is 0. The molecule has 120 valence electrons. The highest BCUT2D eigenvalue weighted by molar-refractivity contribution is 5.52. The average molecular weight is 308 g/mol. The summed E-state index contributed by atoms with van der Waals surface area (Å²) in [6, 6.07) is 8.70. The summed E-state index contributed by atoms with van der Waals surface area (Å²) >= 11 is 0. The summed E-state index contributed by atoms with van der Waals surface area (Å²) < 4.78 is 6.10. The predicted octanol–water partition coefficient (Wildman–Crippen LogP) is 4.00. The molecule has 0 spiro atoms. The lowest BCUT2D eigenvalue weighted by molar-refractivity contribution is 0.300. The number of aryl methyl sites for hydroxylation is 2. The van der Waals surface area contributed by atoms with E-state index in [-0.39, 0.29) is 6.04 Å². The van der Waals surface area contributed by atoms with E-state index in [1.165, 1.54) is 46.5 Å². The van der Waals surface area contributed by atoms with Gasteiger partial charge in [0.25, 0.3) is 0 Å². The summed E-state index contributed by atoms with van der Waals surface area (Å²) in [4.78, 5) is 4.91. The van der Waals surface area contributed by atoms with Crippen LogP contribution in [-0.2, 0) is 13.0 Å². The number of hydrogen-bond donors (Lipinski definition) is 1. The summed E-state index contributed by atoms with van der Waals surface area (Å²) in [6.45, 7) is 6.10. The molecule has 2 aliphatic rings. The second-order valence-corrected chi connectivity index (χ2v) is 6.67. The average Bonchev–Trinajstić information content (AvgIpc) is 3.00. The molecule has 1 atom stereocenters. The van der Waals surface area contributed by atoms with E-state index in [2.05, 4.69) is 43.4 Å². The molecule has 4 rings (SSSR count). The Labute approximate surface area is 138 Å². The molecular formula is C20H24N2O. The summed E-state index contributed by atoms with van der Waals surface area (Å²) in [5, 5.41) is 3.69. The first-order valence-electron chi connectivity index (χ1n) is 8.69. The van der Waals surface area contributed by atoms with Crippen LogP contribution in [0.2, 0.25) is 0 Å². The molecule has 0 radical (unpaired) electrons. The van der Waals surface area contributed by atoms with Crippen molar-refractivity contribution in [3.05, 3.63) is 57.9 Å². The van der Waals surface area contributed by atoms with Crippen LogP contribution in [-0.4, -0.2) is 11.6 Å². The van der Waals surface area contributed by atoms with Gasteiger partial charge in [-0.25, -0.2) is 0 Å². The number of nitrogens with one attached hydrogen (secondary N) is 1. The summed E-state index contributed by atoms with van der Waals surface area (Å²) in [5.74, 6) is 1.02. The lowest BCUT2D eigenvalue weighted by atomic mass is 9.91. The zero-order valence-corrected chi connectivity index (χ0v) is 14.0. The van der Waals surface area contributed by atoms with Crippen LogP contribution in [0, 0.1) is 13.8 Å². The highest BCUT2D eigenvalue weighted by Gasteiger charge is 2.30. The molecule has 23 heavy (non-hydrogen) atoms. The molecule has 3 heterocycles. The Morgan fingerprint density at radius 3 is 2.91 bits per heavy atom. The maximum atomic E-state index is 6.10. The van der Waals surface area contributed by atoms with E-state index in [4.69, 9.17) is 9.72 Å². The van der Waals surface area contributed by atoms with Gasteiger partial charge >= 0.3 is 0 Å². The van der Waals surface area contributed by atoms with E-state index < -0.39 is 0 Å². The van der Waals surface area contributed by atoms with E-state index in [0.29, 0.717) is 0 Å². The van der Waals surface area contributed by atoms with Crippen LogP contribution in [0.3, 0.4) is 0 Å². The highest BCUT2D eigenvalue weighted by Crippen LogP contribution is 2.39. The zero-order chi connectivity index (χ0) is 15.8. The second kappa shape index (κ2) is 5.97. The maximum Gasteiger partial charge on any atom is 0.124 e. The fourth-order valence-electron chi connectivity index (χ4n) is 3.96. The molecule has 1 N–H and O–H groups in total. The van der Waals surface area contributed by atoms with Crippen molar-refractivity contribution >= 4 is 0 Å². The predicted molar refractivity (Wildman–Crippen MR) is 91.9 cm³/mol. The number of nitrogens with zero attached hydrogens (tertiary/aromatic N) is 1. The third-order valence-electron chi connectivity index (χ3n) is 5.22. The van der Waals surface area contributed by atoms with E-state index in [9.17, 15) is 0 Å². The first-order valence-corrected chi connectivity index (χ1v) is 8.69. The quantitative estimate of drug-likeness (QED) is 0.799. The Morgan fingerprint density at radius 1 is 1.13 bits per heavy atom. The normalized spacial score (nSPS) is 20.2. The van der Waals surface area contributed by atoms with Crippen molar-refractivity contribution in [3.8, 4) is 5.75 Å². The van der Waals surface area contributed by atoms with Crippen molar-refractivity contribution < 1.29 is 4.74 Å². The number of fused-ring (bicyclic) bond motifs is 3. The molecule has 2 aliphatic heterocycles. The van der Waals surface area contributed by atoms with Crippen LogP contribution in [0.1, 0.15) is 58.9 Å².